The highest BCUT2D eigenvalue weighted by atomic mass is 32.1. The van der Waals surface area contributed by atoms with E-state index in [2.05, 4.69) is 45.9 Å². The van der Waals surface area contributed by atoms with Crippen molar-refractivity contribution in [2.24, 2.45) is 0 Å². The predicted molar refractivity (Wildman–Crippen MR) is 89.0 cm³/mol. The van der Waals surface area contributed by atoms with Crippen LogP contribution in [0.4, 0.5) is 10.8 Å². The lowest BCUT2D eigenvalue weighted by Gasteiger charge is -2.16. The first-order valence-corrected chi connectivity index (χ1v) is 7.73. The summed E-state index contributed by atoms with van der Waals surface area (Å²) in [5, 5.41) is 4.23. The number of benzene rings is 1. The third kappa shape index (κ3) is 4.61. The Morgan fingerprint density at radius 2 is 2.10 bits per heavy atom. The lowest BCUT2D eigenvalue weighted by molar-refractivity contribution is 0.325. The smallest absolute Gasteiger partial charge is 0.197 e. The van der Waals surface area contributed by atoms with Gasteiger partial charge in [-0.2, -0.15) is 4.37 Å². The highest BCUT2D eigenvalue weighted by Gasteiger charge is 2.10. The van der Waals surface area contributed by atoms with Crippen LogP contribution in [0.1, 0.15) is 12.0 Å². The molecule has 5 nitrogen and oxygen atoms in total. The molecule has 0 aliphatic heterocycles. The van der Waals surface area contributed by atoms with Gasteiger partial charge >= 0.3 is 0 Å². The molecular formula is C15H22N4OS. The predicted octanol–water partition coefficient (Wildman–Crippen LogP) is 2.67. The van der Waals surface area contributed by atoms with Gasteiger partial charge in [0, 0.05) is 13.1 Å². The van der Waals surface area contributed by atoms with E-state index >= 15 is 0 Å². The molecule has 1 aromatic carbocycles. The number of hydrogen-bond acceptors (Lipinski definition) is 6. The van der Waals surface area contributed by atoms with Crippen LogP contribution < -0.4 is 15.8 Å². The highest BCUT2D eigenvalue weighted by molar-refractivity contribution is 7.11. The molecule has 0 unspecified atom stereocenters. The summed E-state index contributed by atoms with van der Waals surface area (Å²) in [5.41, 5.74) is 7.05. The van der Waals surface area contributed by atoms with Gasteiger partial charge in [0.1, 0.15) is 0 Å². The van der Waals surface area contributed by atoms with Crippen molar-refractivity contribution in [2.45, 2.75) is 13.0 Å². The molecule has 0 bridgehead atoms. The summed E-state index contributed by atoms with van der Waals surface area (Å²) >= 11 is 1.34. The van der Waals surface area contributed by atoms with Gasteiger partial charge in [-0.05, 0) is 37.1 Å². The molecule has 0 atom stereocenters. The number of hydrogen-bond donors (Lipinski definition) is 2. The number of nitrogens with one attached hydrogen (secondary N) is 1. The number of nitrogens with zero attached hydrogens (tertiary/aromatic N) is 2. The largest absolute Gasteiger partial charge is 0.490 e. The molecule has 0 spiro atoms. The maximum Gasteiger partial charge on any atom is 0.197 e. The Balaban J connectivity index is 1.69. The Morgan fingerprint density at radius 3 is 2.81 bits per heavy atom. The van der Waals surface area contributed by atoms with Crippen molar-refractivity contribution in [3.05, 3.63) is 35.9 Å². The molecule has 6 heteroatoms. The van der Waals surface area contributed by atoms with E-state index in [0.29, 0.717) is 11.6 Å². The minimum absolute atomic E-state index is 0.450. The third-order valence-electron chi connectivity index (χ3n) is 3.18. The number of aromatic nitrogens is 1. The molecule has 114 valence electrons. The summed E-state index contributed by atoms with van der Waals surface area (Å²) in [6, 6.07) is 10.5. The molecular weight excluding hydrogens is 284 g/mol. The second kappa shape index (κ2) is 7.85. The lowest BCUT2D eigenvalue weighted by Crippen LogP contribution is -2.21. The van der Waals surface area contributed by atoms with Gasteiger partial charge in [0.25, 0.3) is 0 Å². The Hall–Kier alpha value is -1.79. The number of nitrogen functional groups attached to an aromatic ring is 1. The van der Waals surface area contributed by atoms with Crippen molar-refractivity contribution >= 4 is 22.4 Å². The van der Waals surface area contributed by atoms with E-state index in [1.165, 1.54) is 17.1 Å². The van der Waals surface area contributed by atoms with E-state index in [9.17, 15) is 0 Å². The average molecular weight is 306 g/mol. The van der Waals surface area contributed by atoms with Gasteiger partial charge in [-0.25, -0.2) is 0 Å². The van der Waals surface area contributed by atoms with Crippen LogP contribution in [-0.2, 0) is 6.54 Å². The molecule has 2 aromatic rings. The first-order valence-electron chi connectivity index (χ1n) is 6.96. The number of ether oxygens (including phenoxy) is 1. The molecule has 1 aromatic heterocycles. The molecule has 2 rings (SSSR count). The van der Waals surface area contributed by atoms with Crippen LogP contribution in [0.3, 0.4) is 0 Å². The van der Waals surface area contributed by atoms with Crippen molar-refractivity contribution in [1.29, 1.82) is 0 Å². The lowest BCUT2D eigenvalue weighted by atomic mass is 10.2. The van der Waals surface area contributed by atoms with Crippen molar-refractivity contribution in [3.63, 3.8) is 0 Å². The second-order valence-corrected chi connectivity index (χ2v) is 5.71. The van der Waals surface area contributed by atoms with Crippen LogP contribution in [-0.4, -0.2) is 36.5 Å². The molecule has 0 aliphatic carbocycles. The monoisotopic (exact) mass is 306 g/mol. The maximum atomic E-state index is 5.72. The summed E-state index contributed by atoms with van der Waals surface area (Å²) in [6.07, 6.45) is 1.05. The Labute approximate surface area is 129 Å². The standard InChI is InChI=1S/C15H22N4OS/c1-19(11-12-7-4-3-5-8-12)10-6-9-17-15-13(20-2)14(16)18-21-15/h3-5,7-8,17H,6,9-11H2,1-2H3,(H2,16,18). The van der Waals surface area contributed by atoms with Gasteiger partial charge in [0.15, 0.2) is 16.6 Å². The molecule has 1 heterocycles. The zero-order valence-corrected chi connectivity index (χ0v) is 13.3. The normalized spacial score (nSPS) is 10.8. The fraction of sp³-hybridized carbons (Fsp3) is 0.400. The SMILES string of the molecule is COc1c(N)nsc1NCCCN(C)Cc1ccccc1. The Bertz CT molecular complexity index is 544. The Morgan fingerprint density at radius 1 is 1.33 bits per heavy atom. The first kappa shape index (κ1) is 15.6. The number of anilines is 2. The van der Waals surface area contributed by atoms with Crippen molar-refractivity contribution in [2.75, 3.05) is 38.3 Å². The average Bonchev–Trinajstić information content (AvgIpc) is 2.85. The molecule has 0 aliphatic rings. The molecule has 0 saturated carbocycles. The fourth-order valence-electron chi connectivity index (χ4n) is 2.13. The van der Waals surface area contributed by atoms with E-state index in [1.807, 2.05) is 6.07 Å². The van der Waals surface area contributed by atoms with Gasteiger partial charge in [-0.3, -0.25) is 0 Å². The summed E-state index contributed by atoms with van der Waals surface area (Å²) in [6.45, 7) is 2.87. The number of rotatable bonds is 8. The zero-order valence-electron chi connectivity index (χ0n) is 12.5. The van der Waals surface area contributed by atoms with E-state index in [4.69, 9.17) is 10.5 Å². The minimum Gasteiger partial charge on any atom is -0.490 e. The quantitative estimate of drug-likeness (QED) is 0.734. The number of methoxy groups -OCH3 is 1. The van der Waals surface area contributed by atoms with Crippen LogP contribution in [0.25, 0.3) is 0 Å². The summed E-state index contributed by atoms with van der Waals surface area (Å²) < 4.78 is 9.30. The van der Waals surface area contributed by atoms with E-state index in [1.54, 1.807) is 7.11 Å². The Kier molecular flexibility index (Phi) is 5.83. The van der Waals surface area contributed by atoms with Gasteiger partial charge in [-0.15, -0.1) is 0 Å². The fourth-order valence-corrected chi connectivity index (χ4v) is 2.84. The summed E-state index contributed by atoms with van der Waals surface area (Å²) in [4.78, 5) is 2.31. The maximum absolute atomic E-state index is 5.72. The summed E-state index contributed by atoms with van der Waals surface area (Å²) in [7, 11) is 3.75. The molecule has 0 amide bonds. The second-order valence-electron chi connectivity index (χ2n) is 4.93. The highest BCUT2D eigenvalue weighted by Crippen LogP contribution is 2.34. The van der Waals surface area contributed by atoms with Crippen molar-refractivity contribution in [1.82, 2.24) is 9.27 Å². The zero-order chi connectivity index (χ0) is 15.1. The minimum atomic E-state index is 0.450. The third-order valence-corrected chi connectivity index (χ3v) is 3.98. The molecule has 0 radical (unpaired) electrons. The summed E-state index contributed by atoms with van der Waals surface area (Å²) in [5.74, 6) is 1.10. The molecule has 0 saturated heterocycles. The van der Waals surface area contributed by atoms with Crippen LogP contribution in [0.5, 0.6) is 5.75 Å². The van der Waals surface area contributed by atoms with Crippen LogP contribution in [0.15, 0.2) is 30.3 Å². The van der Waals surface area contributed by atoms with Crippen LogP contribution >= 0.6 is 11.5 Å². The topological polar surface area (TPSA) is 63.4 Å². The molecule has 3 N–H and O–H groups in total. The van der Waals surface area contributed by atoms with E-state index in [-0.39, 0.29) is 0 Å². The van der Waals surface area contributed by atoms with E-state index < -0.39 is 0 Å². The first-order chi connectivity index (χ1) is 10.2. The van der Waals surface area contributed by atoms with E-state index in [0.717, 1.165) is 31.1 Å². The van der Waals surface area contributed by atoms with Crippen LogP contribution in [0, 0.1) is 0 Å². The van der Waals surface area contributed by atoms with Crippen molar-refractivity contribution in [3.8, 4) is 5.75 Å². The van der Waals surface area contributed by atoms with Gasteiger partial charge in [-0.1, -0.05) is 30.3 Å². The van der Waals surface area contributed by atoms with Crippen molar-refractivity contribution < 1.29 is 4.74 Å². The van der Waals surface area contributed by atoms with Gasteiger partial charge in [0.05, 0.1) is 7.11 Å². The molecule has 21 heavy (non-hydrogen) atoms. The van der Waals surface area contributed by atoms with Gasteiger partial charge < -0.3 is 20.7 Å². The van der Waals surface area contributed by atoms with Gasteiger partial charge in [0.2, 0.25) is 0 Å². The van der Waals surface area contributed by atoms with Crippen LogP contribution in [0.2, 0.25) is 0 Å². The molecule has 0 fully saturated rings. The number of nitrogens with two attached hydrogens (primary N) is 1.